The monoisotopic (exact) mass is 328 g/mol. The van der Waals surface area contributed by atoms with Crippen molar-refractivity contribution >= 4 is 18.3 Å². The van der Waals surface area contributed by atoms with Crippen molar-refractivity contribution in [2.24, 2.45) is 23.5 Å². The third-order valence-electron chi connectivity index (χ3n) is 6.30. The molecule has 2 N–H and O–H groups in total. The second-order valence-corrected chi connectivity index (χ2v) is 7.57. The van der Waals surface area contributed by atoms with Gasteiger partial charge in [-0.05, 0) is 63.3 Å². The topological polar surface area (TPSA) is 46.3 Å². The highest BCUT2D eigenvalue weighted by Crippen LogP contribution is 2.43. The van der Waals surface area contributed by atoms with Gasteiger partial charge in [-0.3, -0.25) is 4.79 Å². The van der Waals surface area contributed by atoms with E-state index in [1.807, 2.05) is 0 Å². The van der Waals surface area contributed by atoms with Gasteiger partial charge in [-0.2, -0.15) is 0 Å². The minimum Gasteiger partial charge on any atom is -0.339 e. The highest BCUT2D eigenvalue weighted by molar-refractivity contribution is 5.85. The van der Waals surface area contributed by atoms with Gasteiger partial charge in [0.25, 0.3) is 0 Å². The molecule has 0 aromatic carbocycles. The van der Waals surface area contributed by atoms with E-state index in [1.165, 1.54) is 57.8 Å². The van der Waals surface area contributed by atoms with Crippen LogP contribution < -0.4 is 5.73 Å². The van der Waals surface area contributed by atoms with E-state index < -0.39 is 0 Å². The molecule has 0 aromatic rings. The Balaban J connectivity index is 0.00000176. The first kappa shape index (κ1) is 18.1. The number of rotatable bonds is 3. The van der Waals surface area contributed by atoms with Crippen LogP contribution in [0.5, 0.6) is 0 Å². The van der Waals surface area contributed by atoms with Gasteiger partial charge < -0.3 is 10.6 Å². The Morgan fingerprint density at radius 3 is 2.45 bits per heavy atom. The highest BCUT2D eigenvalue weighted by atomic mass is 35.5. The predicted molar refractivity (Wildman–Crippen MR) is 93.1 cm³/mol. The van der Waals surface area contributed by atoms with Gasteiger partial charge >= 0.3 is 0 Å². The minimum atomic E-state index is 0. The zero-order valence-electron chi connectivity index (χ0n) is 13.8. The third kappa shape index (κ3) is 3.97. The van der Waals surface area contributed by atoms with Crippen LogP contribution in [0.2, 0.25) is 0 Å². The number of fused-ring (bicyclic) bond motifs is 1. The Hall–Kier alpha value is -0.280. The summed E-state index contributed by atoms with van der Waals surface area (Å²) in [4.78, 5) is 15.2. The number of likely N-dealkylation sites (tertiary alicyclic amines) is 1. The van der Waals surface area contributed by atoms with Crippen LogP contribution in [0.15, 0.2) is 0 Å². The normalized spacial score (nSPS) is 35.4. The van der Waals surface area contributed by atoms with Crippen molar-refractivity contribution in [3.05, 3.63) is 0 Å². The maximum Gasteiger partial charge on any atom is 0.225 e. The summed E-state index contributed by atoms with van der Waals surface area (Å²) in [7, 11) is 0. The fourth-order valence-corrected chi connectivity index (χ4v) is 5.12. The molecule has 0 bridgehead atoms. The summed E-state index contributed by atoms with van der Waals surface area (Å²) in [6.07, 6.45) is 13.8. The number of carbonyl (C=O) groups excluding carboxylic acids is 1. The number of hydrogen-bond donors (Lipinski definition) is 1. The van der Waals surface area contributed by atoms with Crippen LogP contribution in [0, 0.1) is 17.8 Å². The third-order valence-corrected chi connectivity index (χ3v) is 6.30. The second kappa shape index (κ2) is 8.54. The molecule has 4 heteroatoms. The van der Waals surface area contributed by atoms with Crippen molar-refractivity contribution in [2.45, 2.75) is 76.7 Å². The lowest BCUT2D eigenvalue weighted by Crippen LogP contribution is -2.48. The lowest BCUT2D eigenvalue weighted by Gasteiger charge is -2.43. The van der Waals surface area contributed by atoms with Gasteiger partial charge in [-0.1, -0.05) is 25.7 Å². The van der Waals surface area contributed by atoms with Gasteiger partial charge in [0.15, 0.2) is 0 Å². The van der Waals surface area contributed by atoms with Crippen LogP contribution in [0.25, 0.3) is 0 Å². The molecule has 128 valence electrons. The number of nitrogens with two attached hydrogens (primary N) is 1. The second-order valence-electron chi connectivity index (χ2n) is 7.57. The van der Waals surface area contributed by atoms with Crippen LogP contribution in [0.4, 0.5) is 0 Å². The number of nitrogens with zero attached hydrogens (tertiary/aromatic N) is 1. The zero-order valence-corrected chi connectivity index (χ0v) is 14.7. The summed E-state index contributed by atoms with van der Waals surface area (Å²) >= 11 is 0. The fraction of sp³-hybridized carbons (Fsp3) is 0.944. The van der Waals surface area contributed by atoms with Crippen LogP contribution >= 0.6 is 12.4 Å². The molecular formula is C18H33ClN2O. The van der Waals surface area contributed by atoms with Gasteiger partial charge in [0.05, 0.1) is 0 Å². The molecule has 4 unspecified atom stereocenters. The number of carbonyl (C=O) groups is 1. The molecule has 0 aromatic heterocycles. The summed E-state index contributed by atoms with van der Waals surface area (Å²) in [6, 6.07) is 0.431. The molecule has 0 radical (unpaired) electrons. The van der Waals surface area contributed by atoms with Crippen molar-refractivity contribution in [2.75, 3.05) is 13.1 Å². The molecule has 2 aliphatic carbocycles. The fourth-order valence-electron chi connectivity index (χ4n) is 5.12. The molecule has 3 rings (SSSR count). The quantitative estimate of drug-likeness (QED) is 0.857. The molecule has 1 heterocycles. The van der Waals surface area contributed by atoms with E-state index in [-0.39, 0.29) is 12.4 Å². The zero-order chi connectivity index (χ0) is 14.7. The van der Waals surface area contributed by atoms with E-state index >= 15 is 0 Å². The molecule has 1 aliphatic heterocycles. The molecule has 4 atom stereocenters. The number of hydrogen-bond acceptors (Lipinski definition) is 2. The maximum atomic E-state index is 13.0. The Kier molecular flexibility index (Phi) is 7.01. The van der Waals surface area contributed by atoms with Crippen molar-refractivity contribution in [1.82, 2.24) is 4.90 Å². The molecular weight excluding hydrogens is 296 g/mol. The first-order valence-electron chi connectivity index (χ1n) is 9.30. The predicted octanol–water partition coefficient (Wildman–Crippen LogP) is 3.74. The van der Waals surface area contributed by atoms with Gasteiger partial charge in [0.1, 0.15) is 0 Å². The summed E-state index contributed by atoms with van der Waals surface area (Å²) in [5.41, 5.74) is 5.75. The summed E-state index contributed by atoms with van der Waals surface area (Å²) < 4.78 is 0. The Morgan fingerprint density at radius 2 is 1.68 bits per heavy atom. The number of piperidine rings is 1. The summed E-state index contributed by atoms with van der Waals surface area (Å²) in [5, 5.41) is 0. The summed E-state index contributed by atoms with van der Waals surface area (Å²) in [5.74, 6) is 2.57. The Morgan fingerprint density at radius 1 is 0.955 bits per heavy atom. The van der Waals surface area contributed by atoms with Crippen molar-refractivity contribution in [1.29, 1.82) is 0 Å². The summed E-state index contributed by atoms with van der Waals surface area (Å²) in [6.45, 7) is 1.69. The number of halogens is 1. The SMILES string of the molecule is Cl.NCCC1CCCCN1C(=O)C1CCC2CCCCC2C1. The molecule has 0 spiro atoms. The van der Waals surface area contributed by atoms with Crippen LogP contribution in [0.1, 0.15) is 70.6 Å². The van der Waals surface area contributed by atoms with E-state index in [9.17, 15) is 4.79 Å². The first-order valence-corrected chi connectivity index (χ1v) is 9.30. The van der Waals surface area contributed by atoms with Gasteiger partial charge in [-0.15, -0.1) is 12.4 Å². The van der Waals surface area contributed by atoms with E-state index in [0.717, 1.165) is 31.2 Å². The lowest BCUT2D eigenvalue weighted by molar-refractivity contribution is -0.141. The highest BCUT2D eigenvalue weighted by Gasteiger charge is 2.38. The van der Waals surface area contributed by atoms with Crippen LogP contribution in [0.3, 0.4) is 0 Å². The average molecular weight is 329 g/mol. The average Bonchev–Trinajstić information content (AvgIpc) is 2.54. The van der Waals surface area contributed by atoms with Gasteiger partial charge in [-0.25, -0.2) is 0 Å². The number of amides is 1. The molecule has 3 fully saturated rings. The van der Waals surface area contributed by atoms with Crippen LogP contribution in [-0.2, 0) is 4.79 Å². The van der Waals surface area contributed by atoms with E-state index in [0.29, 0.717) is 24.4 Å². The lowest BCUT2D eigenvalue weighted by atomic mass is 9.67. The van der Waals surface area contributed by atoms with E-state index in [4.69, 9.17) is 5.73 Å². The van der Waals surface area contributed by atoms with Crippen molar-refractivity contribution in [3.63, 3.8) is 0 Å². The maximum absolute atomic E-state index is 13.0. The first-order chi connectivity index (χ1) is 10.3. The standard InChI is InChI=1S/C18H32N2O.ClH/c19-11-10-17-7-3-4-12-20(17)18(21)16-9-8-14-5-1-2-6-15(14)13-16;/h14-17H,1-13,19H2;1H. The molecule has 2 saturated carbocycles. The molecule has 1 saturated heterocycles. The van der Waals surface area contributed by atoms with Gasteiger partial charge in [0.2, 0.25) is 5.91 Å². The minimum absolute atomic E-state index is 0. The van der Waals surface area contributed by atoms with Crippen molar-refractivity contribution in [3.8, 4) is 0 Å². The van der Waals surface area contributed by atoms with E-state index in [2.05, 4.69) is 4.90 Å². The Bertz CT molecular complexity index is 361. The van der Waals surface area contributed by atoms with Crippen molar-refractivity contribution < 1.29 is 4.79 Å². The molecule has 3 nitrogen and oxygen atoms in total. The van der Waals surface area contributed by atoms with E-state index in [1.54, 1.807) is 0 Å². The van der Waals surface area contributed by atoms with Crippen LogP contribution in [-0.4, -0.2) is 29.9 Å². The van der Waals surface area contributed by atoms with Gasteiger partial charge in [0, 0.05) is 18.5 Å². The Labute approximate surface area is 141 Å². The molecule has 1 amide bonds. The molecule has 3 aliphatic rings. The smallest absolute Gasteiger partial charge is 0.225 e. The largest absolute Gasteiger partial charge is 0.339 e. The molecule has 22 heavy (non-hydrogen) atoms.